The Bertz CT molecular complexity index is 4360. The molecule has 1 spiro atoms. The van der Waals surface area contributed by atoms with Gasteiger partial charge in [0.1, 0.15) is 0 Å². The van der Waals surface area contributed by atoms with E-state index in [2.05, 4.69) is 301 Å². The van der Waals surface area contributed by atoms with E-state index in [9.17, 15) is 0 Å². The third kappa shape index (κ3) is 6.66. The van der Waals surface area contributed by atoms with Gasteiger partial charge in [-0.05, 0) is 155 Å². The standard InChI is InChI=1S/C73H48N2/c1-4-21-50(22-5-1)65-45-54-27-12-13-28-55(54)46-71(65)75(57-38-36-49-20-10-11-26-53(49)44-57)59-40-42-64-62-33-17-19-35-67(62)73(69(64)48-59)66-34-18-16-32-61(66)63-41-39-58(47-68(63)73)74(56-29-8-3-9-30-56)70-43-37-51-23-14-15-31-60(51)72(70)52-24-6-2-7-25-52/h1-48H. The van der Waals surface area contributed by atoms with E-state index in [-0.39, 0.29) is 0 Å². The van der Waals surface area contributed by atoms with Crippen LogP contribution in [0.15, 0.2) is 291 Å². The molecule has 0 N–H and O–H groups in total. The molecular weight excluding hydrogens is 905 g/mol. The number of benzene rings is 13. The first-order chi connectivity index (χ1) is 37.2. The van der Waals surface area contributed by atoms with Crippen LogP contribution in [0.2, 0.25) is 0 Å². The predicted molar refractivity (Wildman–Crippen MR) is 315 cm³/mol. The van der Waals surface area contributed by atoms with Crippen LogP contribution in [0.1, 0.15) is 22.3 Å². The Morgan fingerprint density at radius 1 is 0.227 bits per heavy atom. The summed E-state index contributed by atoms with van der Waals surface area (Å²) in [5, 5.41) is 7.24. The third-order valence-electron chi connectivity index (χ3n) is 16.0. The van der Waals surface area contributed by atoms with Crippen LogP contribution < -0.4 is 9.80 Å². The van der Waals surface area contributed by atoms with Crippen LogP contribution in [0.4, 0.5) is 34.1 Å². The molecule has 1 atom stereocenters. The van der Waals surface area contributed by atoms with Crippen LogP contribution in [0, 0.1) is 0 Å². The van der Waals surface area contributed by atoms with Gasteiger partial charge in [0, 0.05) is 33.9 Å². The van der Waals surface area contributed by atoms with Crippen molar-refractivity contribution >= 4 is 66.4 Å². The lowest BCUT2D eigenvalue weighted by Crippen LogP contribution is -2.26. The van der Waals surface area contributed by atoms with E-state index in [1.807, 2.05) is 0 Å². The highest BCUT2D eigenvalue weighted by Gasteiger charge is 2.52. The number of hydrogen-bond donors (Lipinski definition) is 0. The summed E-state index contributed by atoms with van der Waals surface area (Å²) in [7, 11) is 0. The van der Waals surface area contributed by atoms with Crippen molar-refractivity contribution in [3.63, 3.8) is 0 Å². The van der Waals surface area contributed by atoms with Gasteiger partial charge in [-0.15, -0.1) is 0 Å². The first-order valence-electron chi connectivity index (χ1n) is 26.0. The van der Waals surface area contributed by atoms with E-state index in [0.717, 1.165) is 34.1 Å². The minimum Gasteiger partial charge on any atom is -0.310 e. The molecule has 13 aromatic rings. The summed E-state index contributed by atoms with van der Waals surface area (Å²) < 4.78 is 0. The summed E-state index contributed by atoms with van der Waals surface area (Å²) in [5.41, 5.74) is 20.9. The Morgan fingerprint density at radius 3 is 1.31 bits per heavy atom. The van der Waals surface area contributed by atoms with Crippen molar-refractivity contribution < 1.29 is 0 Å². The molecule has 0 aromatic heterocycles. The van der Waals surface area contributed by atoms with Crippen molar-refractivity contribution in [2.45, 2.75) is 5.41 Å². The zero-order valence-corrected chi connectivity index (χ0v) is 41.1. The van der Waals surface area contributed by atoms with E-state index in [1.165, 1.54) is 99.1 Å². The summed E-state index contributed by atoms with van der Waals surface area (Å²) in [6.45, 7) is 0. The smallest absolute Gasteiger partial charge is 0.0727 e. The van der Waals surface area contributed by atoms with Gasteiger partial charge in [-0.2, -0.15) is 0 Å². The van der Waals surface area contributed by atoms with E-state index < -0.39 is 5.41 Å². The summed E-state index contributed by atoms with van der Waals surface area (Å²) in [4.78, 5) is 4.99. The Kier molecular flexibility index (Phi) is 9.83. The average molecular weight is 953 g/mol. The molecule has 2 nitrogen and oxygen atoms in total. The zero-order valence-electron chi connectivity index (χ0n) is 41.1. The molecule has 13 aromatic carbocycles. The number of fused-ring (bicyclic) bond motifs is 13. The third-order valence-corrected chi connectivity index (χ3v) is 16.0. The molecule has 2 heteroatoms. The molecule has 0 radical (unpaired) electrons. The van der Waals surface area contributed by atoms with E-state index in [1.54, 1.807) is 0 Å². The van der Waals surface area contributed by atoms with Crippen molar-refractivity contribution in [1.29, 1.82) is 0 Å². The Hall–Kier alpha value is -9.76. The molecule has 0 saturated heterocycles. The maximum Gasteiger partial charge on any atom is 0.0727 e. The van der Waals surface area contributed by atoms with Crippen molar-refractivity contribution in [2.75, 3.05) is 9.80 Å². The highest BCUT2D eigenvalue weighted by Crippen LogP contribution is 2.64. The van der Waals surface area contributed by atoms with E-state index in [0.29, 0.717) is 0 Å². The monoisotopic (exact) mass is 952 g/mol. The molecule has 0 fully saturated rings. The van der Waals surface area contributed by atoms with Gasteiger partial charge in [-0.3, -0.25) is 0 Å². The van der Waals surface area contributed by atoms with Crippen molar-refractivity contribution in [3.8, 4) is 44.5 Å². The van der Waals surface area contributed by atoms with Crippen molar-refractivity contribution in [1.82, 2.24) is 0 Å². The predicted octanol–water partition coefficient (Wildman–Crippen LogP) is 19.8. The maximum absolute atomic E-state index is 2.53. The number of anilines is 6. The van der Waals surface area contributed by atoms with Crippen molar-refractivity contribution in [2.24, 2.45) is 0 Å². The second-order valence-corrected chi connectivity index (χ2v) is 20.0. The topological polar surface area (TPSA) is 6.48 Å². The Balaban J connectivity index is 1.01. The van der Waals surface area contributed by atoms with Gasteiger partial charge in [-0.25, -0.2) is 0 Å². The van der Waals surface area contributed by atoms with Gasteiger partial charge < -0.3 is 9.80 Å². The maximum atomic E-state index is 2.53. The minimum absolute atomic E-state index is 0.640. The Morgan fingerprint density at radius 2 is 0.667 bits per heavy atom. The number of nitrogens with zero attached hydrogens (tertiary/aromatic N) is 2. The molecular formula is C73H48N2. The highest BCUT2D eigenvalue weighted by molar-refractivity contribution is 6.07. The molecule has 2 aliphatic rings. The van der Waals surface area contributed by atoms with Gasteiger partial charge in [-0.1, -0.05) is 224 Å². The molecule has 1 unspecified atom stereocenters. The largest absolute Gasteiger partial charge is 0.310 e. The molecule has 75 heavy (non-hydrogen) atoms. The fourth-order valence-corrected chi connectivity index (χ4v) is 12.8. The lowest BCUT2D eigenvalue weighted by molar-refractivity contribution is 0.793. The fourth-order valence-electron chi connectivity index (χ4n) is 12.8. The van der Waals surface area contributed by atoms with Crippen molar-refractivity contribution in [3.05, 3.63) is 313 Å². The lowest BCUT2D eigenvalue weighted by atomic mass is 9.70. The normalized spacial score (nSPS) is 13.9. The zero-order chi connectivity index (χ0) is 49.5. The fraction of sp³-hybridized carbons (Fsp3) is 0.0137. The molecule has 350 valence electrons. The first kappa shape index (κ1) is 42.9. The summed E-state index contributed by atoms with van der Waals surface area (Å²) in [6.07, 6.45) is 0. The highest BCUT2D eigenvalue weighted by atomic mass is 15.2. The quantitative estimate of drug-likeness (QED) is 0.150. The van der Waals surface area contributed by atoms with Gasteiger partial charge in [0.2, 0.25) is 0 Å². The van der Waals surface area contributed by atoms with Crippen LogP contribution in [-0.2, 0) is 5.41 Å². The van der Waals surface area contributed by atoms with Gasteiger partial charge in [0.05, 0.1) is 16.8 Å². The summed E-state index contributed by atoms with van der Waals surface area (Å²) in [5.74, 6) is 0. The number of hydrogen-bond acceptors (Lipinski definition) is 2. The summed E-state index contributed by atoms with van der Waals surface area (Å²) >= 11 is 0. The van der Waals surface area contributed by atoms with Crippen LogP contribution in [-0.4, -0.2) is 0 Å². The van der Waals surface area contributed by atoms with E-state index >= 15 is 0 Å². The summed E-state index contributed by atoms with van der Waals surface area (Å²) in [6, 6.07) is 108. The average Bonchev–Trinajstić information content (AvgIpc) is 3.95. The van der Waals surface area contributed by atoms with Gasteiger partial charge >= 0.3 is 0 Å². The van der Waals surface area contributed by atoms with Gasteiger partial charge in [0.15, 0.2) is 0 Å². The van der Waals surface area contributed by atoms with Crippen LogP contribution in [0.3, 0.4) is 0 Å². The second-order valence-electron chi connectivity index (χ2n) is 20.0. The van der Waals surface area contributed by atoms with Crippen LogP contribution in [0.25, 0.3) is 76.8 Å². The number of rotatable bonds is 8. The second kappa shape index (κ2) is 17.2. The Labute approximate surface area is 437 Å². The molecule has 0 saturated carbocycles. The molecule has 0 bridgehead atoms. The van der Waals surface area contributed by atoms with Crippen LogP contribution >= 0.6 is 0 Å². The number of para-hydroxylation sites is 1. The molecule has 15 rings (SSSR count). The molecule has 0 aliphatic heterocycles. The van der Waals surface area contributed by atoms with Crippen LogP contribution in [0.5, 0.6) is 0 Å². The van der Waals surface area contributed by atoms with E-state index in [4.69, 9.17) is 0 Å². The minimum atomic E-state index is -0.640. The molecule has 2 aliphatic carbocycles. The molecule has 0 amide bonds. The first-order valence-corrected chi connectivity index (χ1v) is 26.0. The lowest BCUT2D eigenvalue weighted by Gasteiger charge is -2.34. The van der Waals surface area contributed by atoms with Gasteiger partial charge in [0.25, 0.3) is 0 Å². The SMILES string of the molecule is c1ccc(-c2cc3ccccc3cc2N(c2ccc3c(c2)C2(c4ccccc4-3)c3ccccc3-c3ccc(N(c4ccccc4)c4ccc5ccccc5c4-c4ccccc4)cc32)c2ccc3ccccc3c2)cc1. The molecule has 0 heterocycles.